The lowest BCUT2D eigenvalue weighted by atomic mass is 10.1. The molecule has 0 atom stereocenters. The molecule has 0 unspecified atom stereocenters. The molecule has 1 aliphatic heterocycles. The Morgan fingerprint density at radius 1 is 0.968 bits per heavy atom. The monoisotopic (exact) mass is 423 g/mol. The van der Waals surface area contributed by atoms with Crippen LogP contribution in [-0.2, 0) is 17.8 Å². The van der Waals surface area contributed by atoms with E-state index in [2.05, 4.69) is 19.2 Å². The molecule has 6 nitrogen and oxygen atoms in total. The molecule has 0 bridgehead atoms. The molecular weight excluding hydrogens is 390 g/mol. The maximum Gasteiger partial charge on any atom is 0.317 e. The standard InChI is InChI=1S/C25H33N3O3/c1-19(2)18-31-23-6-4-5-22(15-23)17-26-25(30)28-13-11-27(12-14-28)24(29)16-21-9-7-20(3)8-10-21/h4-10,15,19H,11-14,16-18H2,1-3H3,(H,26,30). The largest absolute Gasteiger partial charge is 0.493 e. The van der Waals surface area contributed by atoms with Crippen molar-refractivity contribution < 1.29 is 14.3 Å². The predicted molar refractivity (Wildman–Crippen MR) is 122 cm³/mol. The van der Waals surface area contributed by atoms with Crippen LogP contribution in [0.3, 0.4) is 0 Å². The van der Waals surface area contributed by atoms with Crippen LogP contribution in [0.15, 0.2) is 48.5 Å². The van der Waals surface area contributed by atoms with E-state index in [1.54, 1.807) is 4.90 Å². The van der Waals surface area contributed by atoms with Crippen molar-refractivity contribution in [3.63, 3.8) is 0 Å². The van der Waals surface area contributed by atoms with Gasteiger partial charge in [-0.1, -0.05) is 55.8 Å². The number of hydrogen-bond acceptors (Lipinski definition) is 3. The van der Waals surface area contributed by atoms with Crippen LogP contribution in [-0.4, -0.2) is 54.5 Å². The third kappa shape index (κ3) is 7.02. The minimum Gasteiger partial charge on any atom is -0.493 e. The summed E-state index contributed by atoms with van der Waals surface area (Å²) in [6, 6.07) is 15.8. The maximum atomic E-state index is 12.6. The number of aryl methyl sites for hydroxylation is 1. The van der Waals surface area contributed by atoms with Crippen molar-refractivity contribution in [2.24, 2.45) is 5.92 Å². The third-order valence-electron chi connectivity index (χ3n) is 5.32. The summed E-state index contributed by atoms with van der Waals surface area (Å²) in [6.07, 6.45) is 0.404. The van der Waals surface area contributed by atoms with Gasteiger partial charge in [0.25, 0.3) is 0 Å². The zero-order valence-electron chi connectivity index (χ0n) is 18.8. The van der Waals surface area contributed by atoms with Crippen LogP contribution in [0.2, 0.25) is 0 Å². The molecule has 0 aliphatic carbocycles. The molecule has 1 N–H and O–H groups in total. The summed E-state index contributed by atoms with van der Waals surface area (Å²) >= 11 is 0. The predicted octanol–water partition coefficient (Wildman–Crippen LogP) is 3.63. The van der Waals surface area contributed by atoms with E-state index < -0.39 is 0 Å². The highest BCUT2D eigenvalue weighted by Gasteiger charge is 2.24. The van der Waals surface area contributed by atoms with E-state index in [1.165, 1.54) is 5.56 Å². The van der Waals surface area contributed by atoms with Gasteiger partial charge < -0.3 is 19.9 Å². The number of nitrogens with zero attached hydrogens (tertiary/aromatic N) is 2. The summed E-state index contributed by atoms with van der Waals surface area (Å²) in [6.45, 7) is 9.60. The van der Waals surface area contributed by atoms with Gasteiger partial charge in [-0.3, -0.25) is 4.79 Å². The zero-order valence-corrected chi connectivity index (χ0v) is 18.8. The number of hydrogen-bond donors (Lipinski definition) is 1. The Labute approximate surface area is 185 Å². The number of nitrogens with one attached hydrogen (secondary N) is 1. The van der Waals surface area contributed by atoms with Gasteiger partial charge in [0.15, 0.2) is 0 Å². The maximum absolute atomic E-state index is 12.6. The van der Waals surface area contributed by atoms with Gasteiger partial charge in [-0.25, -0.2) is 4.79 Å². The molecule has 6 heteroatoms. The summed E-state index contributed by atoms with van der Waals surface area (Å²) in [4.78, 5) is 28.7. The van der Waals surface area contributed by atoms with E-state index in [0.29, 0.717) is 51.7 Å². The van der Waals surface area contributed by atoms with E-state index in [4.69, 9.17) is 4.74 Å². The molecule has 1 fully saturated rings. The fraction of sp³-hybridized carbons (Fsp3) is 0.440. The van der Waals surface area contributed by atoms with Crippen molar-refractivity contribution in [3.8, 4) is 5.75 Å². The molecule has 0 saturated carbocycles. The fourth-order valence-electron chi connectivity index (χ4n) is 3.45. The normalized spacial score (nSPS) is 13.9. The molecule has 3 amide bonds. The van der Waals surface area contributed by atoms with Gasteiger partial charge in [-0.05, 0) is 36.1 Å². The van der Waals surface area contributed by atoms with Gasteiger partial charge in [0, 0.05) is 32.7 Å². The Balaban J connectivity index is 1.42. The van der Waals surface area contributed by atoms with E-state index in [-0.39, 0.29) is 11.9 Å². The summed E-state index contributed by atoms with van der Waals surface area (Å²) < 4.78 is 5.75. The van der Waals surface area contributed by atoms with Gasteiger partial charge in [0.1, 0.15) is 5.75 Å². The quantitative estimate of drug-likeness (QED) is 0.740. The second kappa shape index (κ2) is 10.8. The van der Waals surface area contributed by atoms with Crippen LogP contribution in [0.25, 0.3) is 0 Å². The van der Waals surface area contributed by atoms with Crippen molar-refractivity contribution in [2.45, 2.75) is 33.7 Å². The van der Waals surface area contributed by atoms with E-state index in [9.17, 15) is 9.59 Å². The summed E-state index contributed by atoms with van der Waals surface area (Å²) in [5.74, 6) is 1.40. The minimum absolute atomic E-state index is 0.0980. The van der Waals surface area contributed by atoms with Crippen LogP contribution < -0.4 is 10.1 Å². The first-order valence-corrected chi connectivity index (χ1v) is 11.0. The molecule has 2 aromatic rings. The highest BCUT2D eigenvalue weighted by atomic mass is 16.5. The number of ether oxygens (including phenoxy) is 1. The molecule has 0 spiro atoms. The highest BCUT2D eigenvalue weighted by Crippen LogP contribution is 2.15. The number of piperazine rings is 1. The number of urea groups is 1. The molecule has 166 valence electrons. The number of rotatable bonds is 7. The Morgan fingerprint density at radius 2 is 1.65 bits per heavy atom. The highest BCUT2D eigenvalue weighted by molar-refractivity contribution is 5.79. The smallest absolute Gasteiger partial charge is 0.317 e. The van der Waals surface area contributed by atoms with Crippen LogP contribution in [0.1, 0.15) is 30.5 Å². The van der Waals surface area contributed by atoms with Crippen molar-refractivity contribution in [3.05, 3.63) is 65.2 Å². The Morgan fingerprint density at radius 3 is 2.32 bits per heavy atom. The lowest BCUT2D eigenvalue weighted by Gasteiger charge is -2.34. The van der Waals surface area contributed by atoms with Gasteiger partial charge in [-0.2, -0.15) is 0 Å². The molecule has 0 radical (unpaired) electrons. The van der Waals surface area contributed by atoms with Crippen molar-refractivity contribution >= 4 is 11.9 Å². The Kier molecular flexibility index (Phi) is 7.93. The van der Waals surface area contributed by atoms with Gasteiger partial charge in [0.05, 0.1) is 13.0 Å². The first kappa shape index (κ1) is 22.7. The number of amides is 3. The lowest BCUT2D eigenvalue weighted by Crippen LogP contribution is -2.53. The molecule has 0 aromatic heterocycles. The zero-order chi connectivity index (χ0) is 22.2. The number of carbonyl (C=O) groups excluding carboxylic acids is 2. The van der Waals surface area contributed by atoms with Crippen LogP contribution in [0, 0.1) is 12.8 Å². The Bertz CT molecular complexity index is 872. The van der Waals surface area contributed by atoms with Gasteiger partial charge in [-0.15, -0.1) is 0 Å². The average molecular weight is 424 g/mol. The van der Waals surface area contributed by atoms with Crippen molar-refractivity contribution in [1.29, 1.82) is 0 Å². The molecule has 3 rings (SSSR count). The van der Waals surface area contributed by atoms with E-state index in [1.807, 2.05) is 60.4 Å². The molecule has 1 aliphatic rings. The topological polar surface area (TPSA) is 61.9 Å². The van der Waals surface area contributed by atoms with Crippen LogP contribution in [0.4, 0.5) is 4.79 Å². The lowest BCUT2D eigenvalue weighted by molar-refractivity contribution is -0.131. The molecule has 1 saturated heterocycles. The molecule has 2 aromatic carbocycles. The van der Waals surface area contributed by atoms with Gasteiger partial charge >= 0.3 is 6.03 Å². The van der Waals surface area contributed by atoms with Crippen molar-refractivity contribution in [1.82, 2.24) is 15.1 Å². The molecular formula is C25H33N3O3. The second-order valence-corrected chi connectivity index (χ2v) is 8.54. The summed E-state index contributed by atoms with van der Waals surface area (Å²) in [7, 11) is 0. The second-order valence-electron chi connectivity index (χ2n) is 8.54. The first-order chi connectivity index (χ1) is 14.9. The van der Waals surface area contributed by atoms with Crippen LogP contribution in [0.5, 0.6) is 5.75 Å². The number of carbonyl (C=O) groups is 2. The summed E-state index contributed by atoms with van der Waals surface area (Å²) in [5, 5.41) is 2.98. The fourth-order valence-corrected chi connectivity index (χ4v) is 3.45. The average Bonchev–Trinajstić information content (AvgIpc) is 2.78. The number of benzene rings is 2. The SMILES string of the molecule is Cc1ccc(CC(=O)N2CCN(C(=O)NCc3cccc(OCC(C)C)c3)CC2)cc1. The Hall–Kier alpha value is -3.02. The van der Waals surface area contributed by atoms with E-state index in [0.717, 1.165) is 16.9 Å². The minimum atomic E-state index is -0.0980. The van der Waals surface area contributed by atoms with Gasteiger partial charge in [0.2, 0.25) is 5.91 Å². The first-order valence-electron chi connectivity index (χ1n) is 11.0. The molecule has 1 heterocycles. The third-order valence-corrected chi connectivity index (χ3v) is 5.32. The molecule has 31 heavy (non-hydrogen) atoms. The summed E-state index contributed by atoms with van der Waals surface area (Å²) in [5.41, 5.74) is 3.21. The van der Waals surface area contributed by atoms with E-state index >= 15 is 0 Å². The van der Waals surface area contributed by atoms with Crippen molar-refractivity contribution in [2.75, 3.05) is 32.8 Å². The van der Waals surface area contributed by atoms with Crippen LogP contribution >= 0.6 is 0 Å².